The maximum Gasteiger partial charge on any atom is 0.410 e. The summed E-state index contributed by atoms with van der Waals surface area (Å²) in [6, 6.07) is -0.191. The molecule has 5 nitrogen and oxygen atoms in total. The third-order valence-corrected chi connectivity index (χ3v) is 5.33. The molecular formula is C18H24BrNO4. The zero-order valence-corrected chi connectivity index (χ0v) is 16.0. The van der Waals surface area contributed by atoms with Crippen molar-refractivity contribution in [1.82, 2.24) is 4.90 Å². The highest BCUT2D eigenvalue weighted by Gasteiger charge is 2.54. The fourth-order valence-corrected chi connectivity index (χ4v) is 4.42. The molecule has 0 aromatic rings. The third kappa shape index (κ3) is 3.25. The van der Waals surface area contributed by atoms with Crippen LogP contribution in [-0.4, -0.2) is 45.6 Å². The number of hydrogen-bond acceptors (Lipinski definition) is 4. The number of likely N-dealkylation sites (tertiary alicyclic amines) is 1. The van der Waals surface area contributed by atoms with Crippen LogP contribution in [0.15, 0.2) is 23.8 Å². The second kappa shape index (κ2) is 6.21. The molecule has 1 aliphatic carbocycles. The lowest BCUT2D eigenvalue weighted by atomic mass is 9.75. The number of halogens is 1. The second-order valence-electron chi connectivity index (χ2n) is 7.67. The van der Waals surface area contributed by atoms with Crippen molar-refractivity contribution in [3.63, 3.8) is 0 Å². The minimum Gasteiger partial charge on any atom is -0.449 e. The number of alkyl halides is 1. The van der Waals surface area contributed by atoms with Crippen molar-refractivity contribution in [3.8, 4) is 0 Å². The van der Waals surface area contributed by atoms with Crippen LogP contribution in [0.1, 0.15) is 46.5 Å². The predicted molar refractivity (Wildman–Crippen MR) is 94.0 cm³/mol. The van der Waals surface area contributed by atoms with E-state index in [9.17, 15) is 9.59 Å². The summed E-state index contributed by atoms with van der Waals surface area (Å²) in [6.45, 7) is 6.21. The Morgan fingerprint density at radius 3 is 2.88 bits per heavy atom. The minimum atomic E-state index is -0.767. The van der Waals surface area contributed by atoms with E-state index < -0.39 is 11.2 Å². The highest BCUT2D eigenvalue weighted by molar-refractivity contribution is 9.09. The van der Waals surface area contributed by atoms with Gasteiger partial charge in [-0.25, -0.2) is 9.59 Å². The lowest BCUT2D eigenvalue weighted by Gasteiger charge is -2.47. The molecule has 3 atom stereocenters. The topological polar surface area (TPSA) is 55.8 Å². The molecule has 1 fully saturated rings. The summed E-state index contributed by atoms with van der Waals surface area (Å²) in [7, 11) is 0. The molecule has 3 rings (SSSR count). The van der Waals surface area contributed by atoms with Gasteiger partial charge in [0, 0.05) is 29.4 Å². The fourth-order valence-electron chi connectivity index (χ4n) is 3.78. The van der Waals surface area contributed by atoms with Crippen molar-refractivity contribution in [1.29, 1.82) is 0 Å². The molecule has 2 aliphatic heterocycles. The molecule has 0 aromatic heterocycles. The number of rotatable bonds is 1. The lowest BCUT2D eigenvalue weighted by Crippen LogP contribution is -2.59. The van der Waals surface area contributed by atoms with Crippen LogP contribution in [0.25, 0.3) is 0 Å². The van der Waals surface area contributed by atoms with Gasteiger partial charge < -0.3 is 14.4 Å². The van der Waals surface area contributed by atoms with Crippen LogP contribution in [0.3, 0.4) is 0 Å². The summed E-state index contributed by atoms with van der Waals surface area (Å²) < 4.78 is 11.4. The van der Waals surface area contributed by atoms with Crippen molar-refractivity contribution < 1.29 is 19.1 Å². The molecular weight excluding hydrogens is 374 g/mol. The quantitative estimate of drug-likeness (QED) is 0.499. The second-order valence-corrected chi connectivity index (χ2v) is 8.85. The van der Waals surface area contributed by atoms with Gasteiger partial charge in [0.1, 0.15) is 5.60 Å². The van der Waals surface area contributed by atoms with E-state index in [0.29, 0.717) is 13.0 Å². The first-order valence-electron chi connectivity index (χ1n) is 8.48. The monoisotopic (exact) mass is 397 g/mol. The average molecular weight is 398 g/mol. The number of amides is 1. The van der Waals surface area contributed by atoms with Gasteiger partial charge in [-0.1, -0.05) is 28.1 Å². The summed E-state index contributed by atoms with van der Waals surface area (Å²) in [4.78, 5) is 26.6. The Morgan fingerprint density at radius 2 is 2.17 bits per heavy atom. The fraction of sp³-hybridized carbons (Fsp3) is 0.667. The largest absolute Gasteiger partial charge is 0.449 e. The van der Waals surface area contributed by atoms with E-state index in [1.807, 2.05) is 32.9 Å². The average Bonchev–Trinajstić information content (AvgIpc) is 2.81. The first-order chi connectivity index (χ1) is 11.2. The van der Waals surface area contributed by atoms with Crippen molar-refractivity contribution in [2.45, 2.75) is 68.5 Å². The highest BCUT2D eigenvalue weighted by Crippen LogP contribution is 2.46. The van der Waals surface area contributed by atoms with Gasteiger partial charge in [0.2, 0.25) is 0 Å². The molecule has 0 N–H and O–H groups in total. The van der Waals surface area contributed by atoms with Crippen LogP contribution in [0.5, 0.6) is 0 Å². The number of fused-ring (bicyclic) bond motifs is 1. The van der Waals surface area contributed by atoms with Crippen LogP contribution >= 0.6 is 15.9 Å². The standard InChI is InChI=1S/C18H24BrNO4/c1-17(2,3)24-16(22)20-9-5-4-6-14(20)18-11-13(19)8-7-12(18)10-15(21)23-18/h7-8,10,13-14H,4-6,9,11H2,1-3H3/t13-,14-,18-/m1/s1. The van der Waals surface area contributed by atoms with Gasteiger partial charge in [-0.05, 0) is 40.0 Å². The summed E-state index contributed by atoms with van der Waals surface area (Å²) in [5.41, 5.74) is -0.451. The first kappa shape index (κ1) is 17.5. The van der Waals surface area contributed by atoms with E-state index in [4.69, 9.17) is 9.47 Å². The van der Waals surface area contributed by atoms with Gasteiger partial charge in [0.05, 0.1) is 6.04 Å². The predicted octanol–water partition coefficient (Wildman–Crippen LogP) is 3.72. The summed E-state index contributed by atoms with van der Waals surface area (Å²) in [6.07, 6.45) is 8.56. The number of nitrogens with zero attached hydrogens (tertiary/aromatic N) is 1. The van der Waals surface area contributed by atoms with Gasteiger partial charge in [-0.2, -0.15) is 0 Å². The number of ether oxygens (including phenoxy) is 2. The van der Waals surface area contributed by atoms with Crippen molar-refractivity contribution in [2.75, 3.05) is 6.54 Å². The molecule has 1 amide bonds. The molecule has 0 saturated carbocycles. The normalized spacial score (nSPS) is 32.9. The van der Waals surface area contributed by atoms with E-state index >= 15 is 0 Å². The Labute approximate surface area is 151 Å². The Kier molecular flexibility index (Phi) is 4.53. The molecule has 3 aliphatic rings. The summed E-state index contributed by atoms with van der Waals surface area (Å²) in [5, 5.41) is 0. The lowest BCUT2D eigenvalue weighted by molar-refractivity contribution is -0.153. The zero-order valence-electron chi connectivity index (χ0n) is 14.4. The number of esters is 1. The van der Waals surface area contributed by atoms with E-state index in [1.54, 1.807) is 11.0 Å². The molecule has 2 heterocycles. The van der Waals surface area contributed by atoms with Crippen molar-refractivity contribution in [2.24, 2.45) is 0 Å². The summed E-state index contributed by atoms with van der Waals surface area (Å²) >= 11 is 3.61. The van der Waals surface area contributed by atoms with Crippen molar-refractivity contribution >= 4 is 28.0 Å². The van der Waals surface area contributed by atoms with E-state index in [1.165, 1.54) is 0 Å². The molecule has 24 heavy (non-hydrogen) atoms. The number of hydrogen-bond donors (Lipinski definition) is 0. The maximum atomic E-state index is 12.7. The van der Waals surface area contributed by atoms with Gasteiger partial charge in [-0.3, -0.25) is 0 Å². The van der Waals surface area contributed by atoms with Crippen LogP contribution in [-0.2, 0) is 14.3 Å². The first-order valence-corrected chi connectivity index (χ1v) is 9.40. The van der Waals surface area contributed by atoms with Gasteiger partial charge >= 0.3 is 12.1 Å². The number of carbonyl (C=O) groups excluding carboxylic acids is 2. The Hall–Kier alpha value is -1.30. The SMILES string of the molecule is CC(C)(C)OC(=O)N1CCCC[C@@H]1[C@@]12C[C@H](Br)C=CC1=CC(=O)O2. The molecule has 0 unspecified atom stereocenters. The molecule has 1 saturated heterocycles. The van der Waals surface area contributed by atoms with Crippen LogP contribution in [0.4, 0.5) is 4.79 Å². The molecule has 0 aromatic carbocycles. The molecule has 0 bridgehead atoms. The van der Waals surface area contributed by atoms with Gasteiger partial charge in [-0.15, -0.1) is 0 Å². The Balaban J connectivity index is 1.92. The van der Waals surface area contributed by atoms with E-state index in [0.717, 1.165) is 24.8 Å². The molecule has 0 radical (unpaired) electrons. The zero-order chi connectivity index (χ0) is 17.5. The van der Waals surface area contributed by atoms with Crippen LogP contribution in [0.2, 0.25) is 0 Å². The third-order valence-electron chi connectivity index (χ3n) is 4.70. The van der Waals surface area contributed by atoms with E-state index in [2.05, 4.69) is 15.9 Å². The van der Waals surface area contributed by atoms with Gasteiger partial charge in [0.25, 0.3) is 0 Å². The van der Waals surface area contributed by atoms with E-state index in [-0.39, 0.29) is 22.9 Å². The summed E-state index contributed by atoms with van der Waals surface area (Å²) in [5.74, 6) is -0.328. The van der Waals surface area contributed by atoms with Gasteiger partial charge in [0.15, 0.2) is 5.60 Å². The number of allylic oxidation sites excluding steroid dienone is 1. The Morgan fingerprint density at radius 1 is 1.42 bits per heavy atom. The number of carbonyl (C=O) groups is 2. The minimum absolute atomic E-state index is 0.114. The molecule has 0 spiro atoms. The van der Waals surface area contributed by atoms with Crippen LogP contribution in [0, 0.1) is 0 Å². The maximum absolute atomic E-state index is 12.7. The molecule has 132 valence electrons. The smallest absolute Gasteiger partial charge is 0.410 e. The molecule has 6 heteroatoms. The highest BCUT2D eigenvalue weighted by atomic mass is 79.9. The van der Waals surface area contributed by atoms with Crippen LogP contribution < -0.4 is 0 Å². The Bertz CT molecular complexity index is 607. The number of piperidine rings is 1. The van der Waals surface area contributed by atoms with Crippen molar-refractivity contribution in [3.05, 3.63) is 23.8 Å².